The average molecular weight is 301 g/mol. The van der Waals surface area contributed by atoms with Crippen LogP contribution in [0.15, 0.2) is 0 Å². The SMILES string of the molecule is CCOC(=O)C(O)C(CC1CCC1)NC(=O)OC(C)(C)C. The van der Waals surface area contributed by atoms with Crippen LogP contribution in [0.2, 0.25) is 0 Å². The molecular formula is C15H27NO5. The Hall–Kier alpha value is -1.30. The predicted octanol–water partition coefficient (Wildman–Crippen LogP) is 1.99. The van der Waals surface area contributed by atoms with Gasteiger partial charge < -0.3 is 19.9 Å². The monoisotopic (exact) mass is 301 g/mol. The molecular weight excluding hydrogens is 274 g/mol. The Kier molecular flexibility index (Phi) is 6.45. The first-order chi connectivity index (χ1) is 9.73. The number of nitrogens with one attached hydrogen (secondary N) is 1. The number of hydrogen-bond acceptors (Lipinski definition) is 5. The van der Waals surface area contributed by atoms with Gasteiger partial charge in [-0.2, -0.15) is 0 Å². The van der Waals surface area contributed by atoms with E-state index in [0.717, 1.165) is 19.3 Å². The van der Waals surface area contributed by atoms with E-state index in [0.29, 0.717) is 12.3 Å². The Morgan fingerprint density at radius 3 is 2.38 bits per heavy atom. The van der Waals surface area contributed by atoms with Crippen LogP contribution in [0, 0.1) is 5.92 Å². The number of alkyl carbamates (subject to hydrolysis) is 1. The number of esters is 1. The Labute approximate surface area is 126 Å². The predicted molar refractivity (Wildman–Crippen MR) is 77.8 cm³/mol. The van der Waals surface area contributed by atoms with Crippen LogP contribution < -0.4 is 5.32 Å². The van der Waals surface area contributed by atoms with Gasteiger partial charge in [-0.15, -0.1) is 0 Å². The van der Waals surface area contributed by atoms with Crippen LogP contribution in [0.25, 0.3) is 0 Å². The van der Waals surface area contributed by atoms with Gasteiger partial charge in [0.2, 0.25) is 0 Å². The molecule has 1 aliphatic rings. The van der Waals surface area contributed by atoms with E-state index in [1.54, 1.807) is 27.7 Å². The molecule has 1 saturated carbocycles. The lowest BCUT2D eigenvalue weighted by molar-refractivity contribution is -0.154. The van der Waals surface area contributed by atoms with Gasteiger partial charge in [0.25, 0.3) is 0 Å². The van der Waals surface area contributed by atoms with Gasteiger partial charge in [-0.1, -0.05) is 19.3 Å². The summed E-state index contributed by atoms with van der Waals surface area (Å²) in [6.45, 7) is 7.14. The van der Waals surface area contributed by atoms with Crippen molar-refractivity contribution in [2.24, 2.45) is 5.92 Å². The summed E-state index contributed by atoms with van der Waals surface area (Å²) in [5, 5.41) is 12.7. The molecule has 122 valence electrons. The van der Waals surface area contributed by atoms with E-state index < -0.39 is 29.8 Å². The van der Waals surface area contributed by atoms with E-state index in [2.05, 4.69) is 5.32 Å². The first kappa shape index (κ1) is 17.8. The molecule has 0 heterocycles. The molecule has 2 unspecified atom stereocenters. The average Bonchev–Trinajstić information content (AvgIpc) is 2.29. The van der Waals surface area contributed by atoms with Crippen molar-refractivity contribution in [3.8, 4) is 0 Å². The molecule has 1 fully saturated rings. The second-order valence-corrected chi connectivity index (χ2v) is 6.48. The largest absolute Gasteiger partial charge is 0.464 e. The van der Waals surface area contributed by atoms with E-state index in [1.807, 2.05) is 0 Å². The van der Waals surface area contributed by atoms with Gasteiger partial charge in [-0.05, 0) is 40.0 Å². The lowest BCUT2D eigenvalue weighted by Gasteiger charge is -2.32. The molecule has 1 rings (SSSR count). The molecule has 0 spiro atoms. The van der Waals surface area contributed by atoms with E-state index in [9.17, 15) is 14.7 Å². The summed E-state index contributed by atoms with van der Waals surface area (Å²) < 4.78 is 10.00. The van der Waals surface area contributed by atoms with Crippen LogP contribution in [0.4, 0.5) is 4.79 Å². The van der Waals surface area contributed by atoms with Crippen molar-refractivity contribution in [3.05, 3.63) is 0 Å². The first-order valence-corrected chi connectivity index (χ1v) is 7.57. The van der Waals surface area contributed by atoms with Crippen LogP contribution in [-0.4, -0.2) is 41.5 Å². The minimum atomic E-state index is -1.36. The Morgan fingerprint density at radius 1 is 1.33 bits per heavy atom. The van der Waals surface area contributed by atoms with Crippen LogP contribution in [-0.2, 0) is 14.3 Å². The smallest absolute Gasteiger partial charge is 0.407 e. The molecule has 0 saturated heterocycles. The standard InChI is InChI=1S/C15H27NO5/c1-5-20-13(18)12(17)11(9-10-7-6-8-10)16-14(19)21-15(2,3)4/h10-12,17H,5-9H2,1-4H3,(H,16,19). The number of carbonyl (C=O) groups is 2. The number of amides is 1. The van der Waals surface area contributed by atoms with Gasteiger partial charge in [-0.3, -0.25) is 0 Å². The van der Waals surface area contributed by atoms with Crippen LogP contribution in [0.1, 0.15) is 53.4 Å². The van der Waals surface area contributed by atoms with Crippen molar-refractivity contribution < 1.29 is 24.2 Å². The minimum absolute atomic E-state index is 0.193. The van der Waals surface area contributed by atoms with E-state index in [-0.39, 0.29) is 6.61 Å². The number of aliphatic hydroxyl groups excluding tert-OH is 1. The maximum atomic E-state index is 11.8. The molecule has 0 bridgehead atoms. The third-order valence-corrected chi connectivity index (χ3v) is 3.42. The van der Waals surface area contributed by atoms with Crippen molar-refractivity contribution in [2.45, 2.75) is 71.1 Å². The number of hydrogen-bond donors (Lipinski definition) is 2. The van der Waals surface area contributed by atoms with E-state index in [1.165, 1.54) is 0 Å². The number of ether oxygens (including phenoxy) is 2. The summed E-state index contributed by atoms with van der Waals surface area (Å²) in [5.74, 6) is -0.285. The first-order valence-electron chi connectivity index (χ1n) is 7.57. The van der Waals surface area contributed by atoms with Crippen molar-refractivity contribution in [1.29, 1.82) is 0 Å². The molecule has 0 radical (unpaired) electrons. The Bertz CT molecular complexity index is 360. The van der Waals surface area contributed by atoms with Gasteiger partial charge in [-0.25, -0.2) is 9.59 Å². The Morgan fingerprint density at radius 2 is 1.95 bits per heavy atom. The lowest BCUT2D eigenvalue weighted by atomic mass is 9.80. The molecule has 0 aliphatic heterocycles. The highest BCUT2D eigenvalue weighted by Crippen LogP contribution is 2.31. The van der Waals surface area contributed by atoms with Gasteiger partial charge in [0.1, 0.15) is 5.60 Å². The summed E-state index contributed by atoms with van der Waals surface area (Å²) in [7, 11) is 0. The summed E-state index contributed by atoms with van der Waals surface area (Å²) in [6, 6.07) is -0.677. The van der Waals surface area contributed by atoms with E-state index >= 15 is 0 Å². The molecule has 2 N–H and O–H groups in total. The molecule has 6 nitrogen and oxygen atoms in total. The van der Waals surface area contributed by atoms with Gasteiger partial charge in [0, 0.05) is 0 Å². The molecule has 0 aromatic rings. The maximum absolute atomic E-state index is 11.8. The van der Waals surface area contributed by atoms with E-state index in [4.69, 9.17) is 9.47 Å². The van der Waals surface area contributed by atoms with Crippen LogP contribution >= 0.6 is 0 Å². The quantitative estimate of drug-likeness (QED) is 0.733. The highest BCUT2D eigenvalue weighted by atomic mass is 16.6. The molecule has 2 atom stereocenters. The van der Waals surface area contributed by atoms with Crippen LogP contribution in [0.5, 0.6) is 0 Å². The number of aliphatic hydroxyl groups is 1. The maximum Gasteiger partial charge on any atom is 0.407 e. The Balaban J connectivity index is 2.62. The normalized spacial score (nSPS) is 18.3. The van der Waals surface area contributed by atoms with Gasteiger partial charge in [0.15, 0.2) is 6.10 Å². The van der Waals surface area contributed by atoms with Gasteiger partial charge >= 0.3 is 12.1 Å². The highest BCUT2D eigenvalue weighted by Gasteiger charge is 2.33. The molecule has 0 aromatic carbocycles. The molecule has 21 heavy (non-hydrogen) atoms. The molecule has 1 aliphatic carbocycles. The second kappa shape index (κ2) is 7.64. The second-order valence-electron chi connectivity index (χ2n) is 6.48. The summed E-state index contributed by atoms with van der Waals surface area (Å²) in [4.78, 5) is 23.5. The van der Waals surface area contributed by atoms with Crippen molar-refractivity contribution in [2.75, 3.05) is 6.61 Å². The third kappa shape index (κ3) is 6.33. The minimum Gasteiger partial charge on any atom is -0.464 e. The topological polar surface area (TPSA) is 84.9 Å². The summed E-state index contributed by atoms with van der Waals surface area (Å²) in [6.07, 6.45) is 1.83. The van der Waals surface area contributed by atoms with Crippen LogP contribution in [0.3, 0.4) is 0 Å². The number of rotatable bonds is 6. The zero-order valence-corrected chi connectivity index (χ0v) is 13.3. The summed E-state index contributed by atoms with van der Waals surface area (Å²) in [5.41, 5.74) is -0.625. The summed E-state index contributed by atoms with van der Waals surface area (Å²) >= 11 is 0. The fourth-order valence-corrected chi connectivity index (χ4v) is 2.21. The van der Waals surface area contributed by atoms with Crippen molar-refractivity contribution >= 4 is 12.1 Å². The highest BCUT2D eigenvalue weighted by molar-refractivity contribution is 5.77. The molecule has 0 aromatic heterocycles. The molecule has 6 heteroatoms. The van der Waals surface area contributed by atoms with Crippen molar-refractivity contribution in [1.82, 2.24) is 5.32 Å². The van der Waals surface area contributed by atoms with Gasteiger partial charge in [0.05, 0.1) is 12.6 Å². The zero-order chi connectivity index (χ0) is 16.0. The number of carbonyl (C=O) groups excluding carboxylic acids is 2. The third-order valence-electron chi connectivity index (χ3n) is 3.42. The fourth-order valence-electron chi connectivity index (χ4n) is 2.21. The fraction of sp³-hybridized carbons (Fsp3) is 0.867. The lowest BCUT2D eigenvalue weighted by Crippen LogP contribution is -2.50. The molecule has 1 amide bonds. The van der Waals surface area contributed by atoms with Crippen molar-refractivity contribution in [3.63, 3.8) is 0 Å². The zero-order valence-electron chi connectivity index (χ0n) is 13.3.